The van der Waals surface area contributed by atoms with E-state index in [-0.39, 0.29) is 6.61 Å². The fraction of sp³-hybridized carbons (Fsp3) is 0.529. The summed E-state index contributed by atoms with van der Waals surface area (Å²) in [7, 11) is 0. The lowest BCUT2D eigenvalue weighted by molar-refractivity contribution is 0.276. The topological polar surface area (TPSA) is 48.6 Å². The van der Waals surface area contributed by atoms with E-state index in [1.807, 2.05) is 37.2 Å². The maximum Gasteiger partial charge on any atom is 0.222 e. The Bertz CT molecular complexity index is 566. The largest absolute Gasteiger partial charge is 0.443 e. The van der Waals surface area contributed by atoms with Gasteiger partial charge in [0.25, 0.3) is 0 Å². The highest BCUT2D eigenvalue weighted by molar-refractivity contribution is 5.55. The van der Waals surface area contributed by atoms with Gasteiger partial charge in [-0.25, -0.2) is 5.01 Å². The van der Waals surface area contributed by atoms with Gasteiger partial charge in [-0.1, -0.05) is 19.3 Å². The smallest absolute Gasteiger partial charge is 0.222 e. The molecule has 4 heteroatoms. The van der Waals surface area contributed by atoms with Crippen molar-refractivity contribution in [3.05, 3.63) is 40.9 Å². The second-order valence-corrected chi connectivity index (χ2v) is 6.02. The van der Waals surface area contributed by atoms with Crippen molar-refractivity contribution in [1.82, 2.24) is 5.43 Å². The van der Waals surface area contributed by atoms with Crippen LogP contribution in [0.2, 0.25) is 0 Å². The first-order valence-corrected chi connectivity index (χ1v) is 7.84. The summed E-state index contributed by atoms with van der Waals surface area (Å²) in [4.78, 5) is 0. The molecule has 1 aromatic heterocycles. The molecule has 0 amide bonds. The molecular weight excluding hydrogens is 264 g/mol. The quantitative estimate of drug-likeness (QED) is 0.886. The monoisotopic (exact) mass is 288 g/mol. The molecule has 2 aliphatic rings. The van der Waals surface area contributed by atoms with Crippen molar-refractivity contribution < 1.29 is 9.52 Å². The number of hydrogen-bond acceptors (Lipinski definition) is 4. The number of hydrazine groups is 1. The lowest BCUT2D eigenvalue weighted by Crippen LogP contribution is -2.34. The Kier molecular flexibility index (Phi) is 4.06. The van der Waals surface area contributed by atoms with E-state index < -0.39 is 0 Å². The Hall–Kier alpha value is -1.68. The number of furan rings is 1. The first-order valence-electron chi connectivity index (χ1n) is 7.84. The van der Waals surface area contributed by atoms with E-state index in [1.54, 1.807) is 0 Å². The number of allylic oxidation sites excluding steroid dienone is 3. The lowest BCUT2D eigenvalue weighted by atomic mass is 9.83. The minimum Gasteiger partial charge on any atom is -0.443 e. The molecule has 21 heavy (non-hydrogen) atoms. The van der Waals surface area contributed by atoms with Gasteiger partial charge in [0.15, 0.2) is 0 Å². The van der Waals surface area contributed by atoms with Gasteiger partial charge >= 0.3 is 0 Å². The summed E-state index contributed by atoms with van der Waals surface area (Å²) in [5, 5.41) is 11.7. The molecule has 0 unspecified atom stereocenters. The molecule has 1 fully saturated rings. The molecule has 2 N–H and O–H groups in total. The lowest BCUT2D eigenvalue weighted by Gasteiger charge is -2.28. The summed E-state index contributed by atoms with van der Waals surface area (Å²) in [5.41, 5.74) is 6.55. The van der Waals surface area contributed by atoms with Crippen molar-refractivity contribution in [2.45, 2.75) is 58.5 Å². The van der Waals surface area contributed by atoms with Crippen molar-refractivity contribution in [3.8, 4) is 0 Å². The van der Waals surface area contributed by atoms with Crippen molar-refractivity contribution in [1.29, 1.82) is 0 Å². The van der Waals surface area contributed by atoms with Crippen LogP contribution in [0, 0.1) is 6.92 Å². The third-order valence-corrected chi connectivity index (χ3v) is 4.50. The predicted molar refractivity (Wildman–Crippen MR) is 83.7 cm³/mol. The van der Waals surface area contributed by atoms with Crippen LogP contribution in [0.5, 0.6) is 0 Å². The number of aryl methyl sites for hydroxylation is 1. The van der Waals surface area contributed by atoms with Gasteiger partial charge in [0, 0.05) is 23.0 Å². The summed E-state index contributed by atoms with van der Waals surface area (Å²) in [6.45, 7) is 4.02. The fourth-order valence-corrected chi connectivity index (χ4v) is 3.42. The Balaban J connectivity index is 1.99. The van der Waals surface area contributed by atoms with Crippen LogP contribution in [0.1, 0.15) is 61.8 Å². The number of rotatable bonds is 3. The average molecular weight is 288 g/mol. The number of aliphatic hydroxyl groups excluding tert-OH is 1. The van der Waals surface area contributed by atoms with Crippen molar-refractivity contribution in [2.75, 3.05) is 5.01 Å². The zero-order chi connectivity index (χ0) is 14.8. The van der Waals surface area contributed by atoms with Crippen LogP contribution < -0.4 is 10.4 Å². The molecule has 2 heterocycles. The van der Waals surface area contributed by atoms with Crippen molar-refractivity contribution >= 4 is 5.88 Å². The molecule has 114 valence electrons. The molecule has 0 radical (unpaired) electrons. The van der Waals surface area contributed by atoms with Gasteiger partial charge in [-0.2, -0.15) is 0 Å². The summed E-state index contributed by atoms with van der Waals surface area (Å²) in [6.07, 6.45) is 12.2. The maximum atomic E-state index is 9.77. The van der Waals surface area contributed by atoms with Gasteiger partial charge in [-0.15, -0.1) is 0 Å². The third kappa shape index (κ3) is 2.72. The molecular formula is C17H24N2O2. The van der Waals surface area contributed by atoms with Crippen LogP contribution in [-0.2, 0) is 6.61 Å². The van der Waals surface area contributed by atoms with Gasteiger partial charge in [-0.05, 0) is 44.8 Å². The zero-order valence-corrected chi connectivity index (χ0v) is 12.9. The Morgan fingerprint density at radius 2 is 2.05 bits per heavy atom. The summed E-state index contributed by atoms with van der Waals surface area (Å²) >= 11 is 0. The molecule has 1 aromatic rings. The van der Waals surface area contributed by atoms with Crippen LogP contribution in [0.15, 0.2) is 28.5 Å². The maximum absolute atomic E-state index is 9.77. The Morgan fingerprint density at radius 3 is 2.71 bits per heavy atom. The van der Waals surface area contributed by atoms with Crippen LogP contribution in [-0.4, -0.2) is 5.11 Å². The normalized spacial score (nSPS) is 19.6. The molecule has 0 atom stereocenters. The number of hydrogen-bond donors (Lipinski definition) is 2. The molecule has 3 rings (SSSR count). The SMILES string of the molecule is CC1=CC=CN(c2oc(C)c(CO)c2C2CCCCC2)N1. The molecule has 0 saturated heterocycles. The average Bonchev–Trinajstić information content (AvgIpc) is 2.85. The van der Waals surface area contributed by atoms with Crippen LogP contribution >= 0.6 is 0 Å². The fourth-order valence-electron chi connectivity index (χ4n) is 3.42. The molecule has 1 aliphatic carbocycles. The number of aliphatic hydroxyl groups is 1. The second kappa shape index (κ2) is 5.98. The molecule has 0 spiro atoms. The van der Waals surface area contributed by atoms with E-state index in [0.717, 1.165) is 22.9 Å². The molecule has 4 nitrogen and oxygen atoms in total. The van der Waals surface area contributed by atoms with Crippen LogP contribution in [0.4, 0.5) is 5.88 Å². The van der Waals surface area contributed by atoms with Crippen molar-refractivity contribution in [2.24, 2.45) is 0 Å². The highest BCUT2D eigenvalue weighted by Gasteiger charge is 2.29. The molecule has 1 saturated carbocycles. The van der Waals surface area contributed by atoms with Crippen molar-refractivity contribution in [3.63, 3.8) is 0 Å². The van der Waals surface area contributed by atoms with Gasteiger partial charge in [0.1, 0.15) is 5.76 Å². The molecule has 0 bridgehead atoms. The Morgan fingerprint density at radius 1 is 1.29 bits per heavy atom. The van der Waals surface area contributed by atoms with E-state index in [2.05, 4.69) is 5.43 Å². The van der Waals surface area contributed by atoms with Crippen LogP contribution in [0.3, 0.4) is 0 Å². The standard InChI is InChI=1S/C17H24N2O2/c1-12-7-6-10-19(18-12)17-16(14-8-4-3-5-9-14)15(11-20)13(2)21-17/h6-7,10,14,18,20H,3-5,8-9,11H2,1-2H3. The number of nitrogens with zero attached hydrogens (tertiary/aromatic N) is 1. The predicted octanol–water partition coefficient (Wildman–Crippen LogP) is 3.87. The number of nitrogens with one attached hydrogen (secondary N) is 1. The number of anilines is 1. The van der Waals surface area contributed by atoms with E-state index in [1.165, 1.54) is 37.7 Å². The van der Waals surface area contributed by atoms with Gasteiger partial charge < -0.3 is 9.52 Å². The second-order valence-electron chi connectivity index (χ2n) is 6.02. The van der Waals surface area contributed by atoms with Gasteiger partial charge in [0.2, 0.25) is 5.88 Å². The van der Waals surface area contributed by atoms with Gasteiger partial charge in [-0.3, -0.25) is 5.43 Å². The first kappa shape index (κ1) is 14.3. The minimum atomic E-state index is 0.0491. The van der Waals surface area contributed by atoms with E-state index in [9.17, 15) is 5.11 Å². The summed E-state index contributed by atoms with van der Waals surface area (Å²) in [5.74, 6) is 2.16. The third-order valence-electron chi connectivity index (χ3n) is 4.50. The molecule has 1 aliphatic heterocycles. The first-order chi connectivity index (χ1) is 10.2. The zero-order valence-electron chi connectivity index (χ0n) is 12.9. The Labute approximate surface area is 126 Å². The highest BCUT2D eigenvalue weighted by Crippen LogP contribution is 2.42. The van der Waals surface area contributed by atoms with E-state index in [4.69, 9.17) is 4.42 Å². The van der Waals surface area contributed by atoms with E-state index in [0.29, 0.717) is 5.92 Å². The minimum absolute atomic E-state index is 0.0491. The van der Waals surface area contributed by atoms with Crippen LogP contribution in [0.25, 0.3) is 0 Å². The van der Waals surface area contributed by atoms with E-state index >= 15 is 0 Å². The summed E-state index contributed by atoms with van der Waals surface area (Å²) < 4.78 is 6.00. The molecule has 0 aromatic carbocycles. The van der Waals surface area contributed by atoms with Gasteiger partial charge in [0.05, 0.1) is 6.61 Å². The summed E-state index contributed by atoms with van der Waals surface area (Å²) in [6, 6.07) is 0. The highest BCUT2D eigenvalue weighted by atomic mass is 16.4.